The topological polar surface area (TPSA) is 91.2 Å². The van der Waals surface area contributed by atoms with Crippen LogP contribution in [0.1, 0.15) is 42.5 Å². The second-order valence-corrected chi connectivity index (χ2v) is 5.55. The summed E-state index contributed by atoms with van der Waals surface area (Å²) in [4.78, 5) is 12.1. The number of tetrazole rings is 1. The maximum atomic E-state index is 12.1. The third-order valence-corrected chi connectivity index (χ3v) is 3.33. The highest BCUT2D eigenvalue weighted by atomic mass is 16.5. The number of carbonyl (C=O) groups excluding carboxylic acids is 1. The number of amides is 1. The van der Waals surface area contributed by atoms with Gasteiger partial charge < -0.3 is 14.8 Å². The van der Waals surface area contributed by atoms with Crippen LogP contribution in [0.15, 0.2) is 24.3 Å². The normalized spacial score (nSPS) is 10.8. The molecule has 0 saturated heterocycles. The fraction of sp³-hybridized carbons (Fsp3) is 0.500. The third kappa shape index (κ3) is 5.02. The fourth-order valence-electron chi connectivity index (χ4n) is 2.10. The van der Waals surface area contributed by atoms with Crippen LogP contribution in [0.25, 0.3) is 0 Å². The molecule has 0 radical (unpaired) electrons. The molecule has 0 aliphatic rings. The summed E-state index contributed by atoms with van der Waals surface area (Å²) in [6.07, 6.45) is 0.774. The van der Waals surface area contributed by atoms with Gasteiger partial charge in [-0.15, -0.1) is 5.10 Å². The van der Waals surface area contributed by atoms with E-state index in [0.29, 0.717) is 30.3 Å². The Balaban J connectivity index is 1.92. The van der Waals surface area contributed by atoms with Gasteiger partial charge in [0.2, 0.25) is 0 Å². The number of nitrogens with one attached hydrogen (secondary N) is 1. The maximum Gasteiger partial charge on any atom is 0.251 e. The van der Waals surface area contributed by atoms with Crippen molar-refractivity contribution < 1.29 is 14.3 Å². The second-order valence-electron chi connectivity index (χ2n) is 5.55. The summed E-state index contributed by atoms with van der Waals surface area (Å²) >= 11 is 0. The van der Waals surface area contributed by atoms with Crippen LogP contribution in [0, 0.1) is 0 Å². The number of aromatic nitrogens is 4. The highest BCUT2D eigenvalue weighted by molar-refractivity contribution is 5.94. The average Bonchev–Trinajstić information content (AvgIpc) is 3.06. The van der Waals surface area contributed by atoms with Crippen molar-refractivity contribution in [2.75, 3.05) is 20.3 Å². The maximum absolute atomic E-state index is 12.1. The molecule has 1 amide bonds. The lowest BCUT2D eigenvalue weighted by atomic mass is 10.2. The van der Waals surface area contributed by atoms with Gasteiger partial charge >= 0.3 is 0 Å². The van der Waals surface area contributed by atoms with E-state index in [0.717, 1.165) is 6.42 Å². The molecule has 2 rings (SSSR count). The Kier molecular flexibility index (Phi) is 6.68. The molecule has 1 aromatic carbocycles. The van der Waals surface area contributed by atoms with E-state index in [1.54, 1.807) is 36.1 Å². The largest absolute Gasteiger partial charge is 0.486 e. The van der Waals surface area contributed by atoms with Crippen LogP contribution in [0.3, 0.4) is 0 Å². The van der Waals surface area contributed by atoms with E-state index in [-0.39, 0.29) is 18.6 Å². The molecule has 0 fully saturated rings. The summed E-state index contributed by atoms with van der Waals surface area (Å²) in [5.41, 5.74) is 0.549. The molecule has 0 bridgehead atoms. The molecular weight excluding hydrogens is 310 g/mol. The number of benzene rings is 1. The molecule has 2 aromatic rings. The molecule has 130 valence electrons. The number of rotatable bonds is 9. The second kappa shape index (κ2) is 8.97. The monoisotopic (exact) mass is 333 g/mol. The molecular formula is C16H23N5O3. The Hall–Kier alpha value is -2.48. The van der Waals surface area contributed by atoms with E-state index in [4.69, 9.17) is 9.47 Å². The van der Waals surface area contributed by atoms with Crippen molar-refractivity contribution in [2.45, 2.75) is 32.9 Å². The van der Waals surface area contributed by atoms with Gasteiger partial charge in [-0.3, -0.25) is 4.79 Å². The van der Waals surface area contributed by atoms with Gasteiger partial charge in [0.05, 0.1) is 6.04 Å². The van der Waals surface area contributed by atoms with E-state index in [2.05, 4.69) is 20.8 Å². The molecule has 0 unspecified atom stereocenters. The predicted octanol–water partition coefficient (Wildman–Crippen LogP) is 1.60. The summed E-state index contributed by atoms with van der Waals surface area (Å²) in [5, 5.41) is 14.4. The van der Waals surface area contributed by atoms with Gasteiger partial charge in [-0.25, -0.2) is 4.68 Å². The Morgan fingerprint density at radius 3 is 2.96 bits per heavy atom. The van der Waals surface area contributed by atoms with Crippen molar-refractivity contribution >= 4 is 5.91 Å². The first kappa shape index (κ1) is 17.9. The van der Waals surface area contributed by atoms with Crippen molar-refractivity contribution in [1.29, 1.82) is 0 Å². The van der Waals surface area contributed by atoms with Crippen molar-refractivity contribution in [3.05, 3.63) is 35.7 Å². The quantitative estimate of drug-likeness (QED) is 0.701. The fourth-order valence-corrected chi connectivity index (χ4v) is 2.10. The summed E-state index contributed by atoms with van der Waals surface area (Å²) in [5.74, 6) is 1.10. The van der Waals surface area contributed by atoms with E-state index in [9.17, 15) is 4.79 Å². The standard InChI is InChI=1S/C16H23N5O3/c1-12(2)21-15(18-19-20-21)11-24-14-7-4-6-13(10-14)16(22)17-8-5-9-23-3/h4,6-7,10,12H,5,8-9,11H2,1-3H3,(H,17,22). The number of nitrogens with zero attached hydrogens (tertiary/aromatic N) is 4. The minimum atomic E-state index is -0.136. The van der Waals surface area contributed by atoms with Gasteiger partial charge in [0.25, 0.3) is 5.91 Å². The molecule has 0 aliphatic heterocycles. The van der Waals surface area contributed by atoms with Crippen molar-refractivity contribution in [1.82, 2.24) is 25.5 Å². The zero-order valence-electron chi connectivity index (χ0n) is 14.2. The molecule has 0 saturated carbocycles. The first-order valence-corrected chi connectivity index (χ1v) is 7.88. The van der Waals surface area contributed by atoms with Gasteiger partial charge in [-0.1, -0.05) is 6.07 Å². The molecule has 1 aromatic heterocycles. The van der Waals surface area contributed by atoms with Gasteiger partial charge in [0.15, 0.2) is 5.82 Å². The summed E-state index contributed by atoms with van der Waals surface area (Å²) < 4.78 is 12.4. The number of hydrogen-bond donors (Lipinski definition) is 1. The Labute approximate surface area is 141 Å². The lowest BCUT2D eigenvalue weighted by Crippen LogP contribution is -2.25. The molecule has 1 heterocycles. The van der Waals surface area contributed by atoms with Gasteiger partial charge in [-0.2, -0.15) is 0 Å². The predicted molar refractivity (Wildman–Crippen MR) is 87.8 cm³/mol. The molecule has 0 spiro atoms. The van der Waals surface area contributed by atoms with E-state index in [1.807, 2.05) is 13.8 Å². The summed E-state index contributed by atoms with van der Waals surface area (Å²) in [7, 11) is 1.64. The molecule has 24 heavy (non-hydrogen) atoms. The van der Waals surface area contributed by atoms with Gasteiger partial charge in [-0.05, 0) is 48.9 Å². The zero-order chi connectivity index (χ0) is 17.4. The van der Waals surface area contributed by atoms with Crippen molar-refractivity contribution in [3.8, 4) is 5.75 Å². The van der Waals surface area contributed by atoms with E-state index < -0.39 is 0 Å². The van der Waals surface area contributed by atoms with Crippen LogP contribution in [0.2, 0.25) is 0 Å². The Bertz CT molecular complexity index is 657. The number of ether oxygens (including phenoxy) is 2. The SMILES string of the molecule is COCCCNC(=O)c1cccc(OCc2nnnn2C(C)C)c1. The number of methoxy groups -OCH3 is 1. The zero-order valence-corrected chi connectivity index (χ0v) is 14.2. The van der Waals surface area contributed by atoms with Crippen LogP contribution in [0.5, 0.6) is 5.75 Å². The Morgan fingerprint density at radius 1 is 1.38 bits per heavy atom. The van der Waals surface area contributed by atoms with Crippen LogP contribution in [0.4, 0.5) is 0 Å². The van der Waals surface area contributed by atoms with Crippen LogP contribution in [-0.4, -0.2) is 46.4 Å². The molecule has 0 aliphatic carbocycles. The smallest absolute Gasteiger partial charge is 0.251 e. The van der Waals surface area contributed by atoms with E-state index in [1.165, 1.54) is 0 Å². The Morgan fingerprint density at radius 2 is 2.21 bits per heavy atom. The number of hydrogen-bond acceptors (Lipinski definition) is 6. The van der Waals surface area contributed by atoms with E-state index >= 15 is 0 Å². The van der Waals surface area contributed by atoms with Crippen molar-refractivity contribution in [3.63, 3.8) is 0 Å². The first-order chi connectivity index (χ1) is 11.6. The average molecular weight is 333 g/mol. The van der Waals surface area contributed by atoms with Gasteiger partial charge in [0, 0.05) is 25.8 Å². The highest BCUT2D eigenvalue weighted by Gasteiger charge is 2.11. The molecule has 8 nitrogen and oxygen atoms in total. The minimum Gasteiger partial charge on any atom is -0.486 e. The number of carbonyl (C=O) groups is 1. The van der Waals surface area contributed by atoms with Crippen LogP contribution >= 0.6 is 0 Å². The highest BCUT2D eigenvalue weighted by Crippen LogP contribution is 2.15. The lowest BCUT2D eigenvalue weighted by Gasteiger charge is -2.10. The third-order valence-electron chi connectivity index (χ3n) is 3.33. The van der Waals surface area contributed by atoms with Gasteiger partial charge in [0.1, 0.15) is 12.4 Å². The first-order valence-electron chi connectivity index (χ1n) is 7.88. The minimum absolute atomic E-state index is 0.136. The molecule has 8 heteroatoms. The molecule has 0 atom stereocenters. The van der Waals surface area contributed by atoms with Crippen LogP contribution < -0.4 is 10.1 Å². The summed E-state index contributed by atoms with van der Waals surface area (Å²) in [6.45, 7) is 5.42. The van der Waals surface area contributed by atoms with Crippen molar-refractivity contribution in [2.24, 2.45) is 0 Å². The lowest BCUT2D eigenvalue weighted by molar-refractivity contribution is 0.0948. The molecule has 1 N–H and O–H groups in total. The summed E-state index contributed by atoms with van der Waals surface area (Å²) in [6, 6.07) is 7.19. The van der Waals surface area contributed by atoms with Crippen LogP contribution in [-0.2, 0) is 11.3 Å².